The number of likely N-dealkylation sites (tertiary alicyclic amines) is 1. The van der Waals surface area contributed by atoms with E-state index < -0.39 is 5.97 Å². The largest absolute Gasteiger partial charge is 0.480 e. The number of rotatable bonds is 6. The Hall–Kier alpha value is -0.560. The van der Waals surface area contributed by atoms with Crippen molar-refractivity contribution in [3.8, 4) is 0 Å². The molecule has 0 aliphatic carbocycles. The molecule has 1 aromatic carbocycles. The molecule has 8 heteroatoms. The molecule has 0 saturated carbocycles. The molecule has 2 aliphatic rings. The van der Waals surface area contributed by atoms with Gasteiger partial charge in [0, 0.05) is 51.9 Å². The van der Waals surface area contributed by atoms with Gasteiger partial charge in [0.25, 0.3) is 0 Å². The predicted molar refractivity (Wildman–Crippen MR) is 121 cm³/mol. The van der Waals surface area contributed by atoms with E-state index in [1.807, 2.05) is 6.92 Å². The number of carboxylic acids is 1. The third-order valence-electron chi connectivity index (χ3n) is 5.78. The van der Waals surface area contributed by atoms with Gasteiger partial charge in [-0.1, -0.05) is 37.3 Å². The van der Waals surface area contributed by atoms with E-state index in [0.29, 0.717) is 12.5 Å². The monoisotopic (exact) mass is 453 g/mol. The van der Waals surface area contributed by atoms with Crippen LogP contribution in [0.2, 0.25) is 0 Å². The van der Waals surface area contributed by atoms with Gasteiger partial charge in [0.15, 0.2) is 0 Å². The lowest BCUT2D eigenvalue weighted by Crippen LogP contribution is -2.54. The van der Waals surface area contributed by atoms with Crippen LogP contribution in [0.5, 0.6) is 0 Å². The summed E-state index contributed by atoms with van der Waals surface area (Å²) in [5.74, 6) is -0.671. The first-order valence-electron chi connectivity index (χ1n) is 9.64. The van der Waals surface area contributed by atoms with E-state index in [4.69, 9.17) is 0 Å². The number of benzene rings is 1. The van der Waals surface area contributed by atoms with Crippen molar-refractivity contribution in [2.24, 2.45) is 0 Å². The van der Waals surface area contributed by atoms with Crippen molar-refractivity contribution < 1.29 is 9.90 Å². The molecule has 0 amide bonds. The number of hydrogen-bond acceptors (Lipinski definition) is 4. The fourth-order valence-electron chi connectivity index (χ4n) is 4.28. The summed E-state index contributed by atoms with van der Waals surface area (Å²) in [5, 5.41) is 9.33. The van der Waals surface area contributed by atoms with Crippen LogP contribution in [-0.2, 0) is 11.3 Å². The first kappa shape index (κ1) is 27.4. The second-order valence-corrected chi connectivity index (χ2v) is 7.33. The van der Waals surface area contributed by atoms with Gasteiger partial charge < -0.3 is 5.11 Å². The summed E-state index contributed by atoms with van der Waals surface area (Å²) in [6.45, 7) is 9.37. The number of nitrogens with zero attached hydrogens (tertiary/aromatic N) is 3. The Bertz CT molecular complexity index is 549. The maximum Gasteiger partial charge on any atom is 0.320 e. The van der Waals surface area contributed by atoms with E-state index in [2.05, 4.69) is 45.0 Å². The standard InChI is InChI=1S/C20H31N3O2.3ClH/c1-2-19(20(24)25)23-10-8-18(9-11-23)22-14-12-21(13-15-22)16-17-6-4-3-5-7-17;;;/h3-7,18-19H,2,8-16H2,1H3,(H,24,25);3*1H. The number of aliphatic carboxylic acids is 1. The van der Waals surface area contributed by atoms with Crippen LogP contribution in [-0.4, -0.2) is 77.1 Å². The molecule has 2 fully saturated rings. The molecular weight excluding hydrogens is 421 g/mol. The van der Waals surface area contributed by atoms with Crippen molar-refractivity contribution >= 4 is 43.2 Å². The number of piperazine rings is 1. The predicted octanol–water partition coefficient (Wildman–Crippen LogP) is 3.40. The molecule has 1 aromatic rings. The van der Waals surface area contributed by atoms with Crippen LogP contribution in [0, 0.1) is 0 Å². The number of carboxylic acid groups (broad SMARTS) is 1. The summed E-state index contributed by atoms with van der Waals surface area (Å²) >= 11 is 0. The van der Waals surface area contributed by atoms with Crippen LogP contribution >= 0.6 is 37.2 Å². The maximum absolute atomic E-state index is 11.3. The lowest BCUT2D eigenvalue weighted by molar-refractivity contribution is -0.144. The summed E-state index contributed by atoms with van der Waals surface area (Å²) in [5.41, 5.74) is 1.39. The zero-order valence-electron chi connectivity index (χ0n) is 16.5. The van der Waals surface area contributed by atoms with E-state index in [1.54, 1.807) is 0 Å². The zero-order valence-corrected chi connectivity index (χ0v) is 19.0. The molecule has 1 unspecified atom stereocenters. The van der Waals surface area contributed by atoms with Gasteiger partial charge in [-0.25, -0.2) is 0 Å². The van der Waals surface area contributed by atoms with Crippen LogP contribution < -0.4 is 0 Å². The quantitative estimate of drug-likeness (QED) is 0.714. The van der Waals surface area contributed by atoms with E-state index in [9.17, 15) is 9.90 Å². The van der Waals surface area contributed by atoms with Gasteiger partial charge >= 0.3 is 5.97 Å². The molecule has 0 spiro atoms. The smallest absolute Gasteiger partial charge is 0.320 e. The van der Waals surface area contributed by atoms with Crippen molar-refractivity contribution in [2.75, 3.05) is 39.3 Å². The van der Waals surface area contributed by atoms with Crippen molar-refractivity contribution in [1.82, 2.24) is 14.7 Å². The van der Waals surface area contributed by atoms with Gasteiger partial charge in [-0.2, -0.15) is 0 Å². The minimum Gasteiger partial charge on any atom is -0.480 e. The first-order valence-corrected chi connectivity index (χ1v) is 9.64. The van der Waals surface area contributed by atoms with Crippen molar-refractivity contribution in [1.29, 1.82) is 0 Å². The average molecular weight is 455 g/mol. The van der Waals surface area contributed by atoms with Crippen LogP contribution in [0.1, 0.15) is 31.7 Å². The Morgan fingerprint density at radius 3 is 2.07 bits per heavy atom. The summed E-state index contributed by atoms with van der Waals surface area (Å²) < 4.78 is 0. The van der Waals surface area contributed by atoms with Crippen LogP contribution in [0.25, 0.3) is 0 Å². The lowest BCUT2D eigenvalue weighted by Gasteiger charge is -2.43. The molecule has 0 radical (unpaired) electrons. The summed E-state index contributed by atoms with van der Waals surface area (Å²) in [7, 11) is 0. The molecule has 0 aromatic heterocycles. The minimum atomic E-state index is -0.671. The number of hydrogen-bond donors (Lipinski definition) is 1. The highest BCUT2D eigenvalue weighted by atomic mass is 35.5. The van der Waals surface area contributed by atoms with Crippen molar-refractivity contribution in [3.63, 3.8) is 0 Å². The second-order valence-electron chi connectivity index (χ2n) is 7.33. The average Bonchev–Trinajstić information content (AvgIpc) is 2.64. The number of carbonyl (C=O) groups is 1. The van der Waals surface area contributed by atoms with Gasteiger partial charge in [0.1, 0.15) is 6.04 Å². The van der Waals surface area contributed by atoms with E-state index >= 15 is 0 Å². The lowest BCUT2D eigenvalue weighted by atomic mass is 10.00. The highest BCUT2D eigenvalue weighted by molar-refractivity contribution is 5.86. The van der Waals surface area contributed by atoms with Crippen LogP contribution in [0.15, 0.2) is 30.3 Å². The molecule has 0 bridgehead atoms. The summed E-state index contributed by atoms with van der Waals surface area (Å²) in [6.07, 6.45) is 2.89. The molecular formula is C20H34Cl3N3O2. The van der Waals surface area contributed by atoms with Crippen molar-refractivity contribution in [2.45, 2.75) is 44.8 Å². The van der Waals surface area contributed by atoms with E-state index in [1.165, 1.54) is 5.56 Å². The van der Waals surface area contributed by atoms with Gasteiger partial charge in [0.2, 0.25) is 0 Å². The SMILES string of the molecule is CCC(C(=O)O)N1CCC(N2CCN(Cc3ccccc3)CC2)CC1.Cl.Cl.Cl. The minimum absolute atomic E-state index is 0. The highest BCUT2D eigenvalue weighted by Gasteiger charge is 2.31. The summed E-state index contributed by atoms with van der Waals surface area (Å²) in [4.78, 5) is 18.7. The Morgan fingerprint density at radius 2 is 1.57 bits per heavy atom. The maximum atomic E-state index is 11.3. The molecule has 1 N–H and O–H groups in total. The molecule has 2 saturated heterocycles. The molecule has 3 rings (SSSR count). The van der Waals surface area contributed by atoms with E-state index in [0.717, 1.165) is 58.7 Å². The number of piperidine rings is 1. The first-order chi connectivity index (χ1) is 12.2. The van der Waals surface area contributed by atoms with Crippen LogP contribution in [0.3, 0.4) is 0 Å². The molecule has 162 valence electrons. The molecule has 28 heavy (non-hydrogen) atoms. The van der Waals surface area contributed by atoms with Gasteiger partial charge in [-0.3, -0.25) is 19.5 Å². The Balaban J connectivity index is 0.00000243. The van der Waals surface area contributed by atoms with Crippen LogP contribution in [0.4, 0.5) is 0 Å². The van der Waals surface area contributed by atoms with Crippen molar-refractivity contribution in [3.05, 3.63) is 35.9 Å². The third-order valence-corrected chi connectivity index (χ3v) is 5.78. The Labute approximate surface area is 187 Å². The highest BCUT2D eigenvalue weighted by Crippen LogP contribution is 2.21. The normalized spacial score (nSPS) is 20.3. The van der Waals surface area contributed by atoms with Gasteiger partial charge in [0.05, 0.1) is 0 Å². The molecule has 2 aliphatic heterocycles. The zero-order chi connectivity index (χ0) is 17.6. The van der Waals surface area contributed by atoms with E-state index in [-0.39, 0.29) is 43.3 Å². The number of halogens is 3. The third kappa shape index (κ3) is 7.36. The Kier molecular flexibility index (Phi) is 13.4. The fraction of sp³-hybridized carbons (Fsp3) is 0.650. The molecule has 2 heterocycles. The van der Waals surface area contributed by atoms with Gasteiger partial charge in [-0.05, 0) is 24.8 Å². The molecule has 5 nitrogen and oxygen atoms in total. The fourth-order valence-corrected chi connectivity index (χ4v) is 4.28. The topological polar surface area (TPSA) is 47.0 Å². The van der Waals surface area contributed by atoms with Gasteiger partial charge in [-0.15, -0.1) is 37.2 Å². The molecule has 1 atom stereocenters. The summed E-state index contributed by atoms with van der Waals surface area (Å²) in [6, 6.07) is 11.0. The Morgan fingerprint density at radius 1 is 1.00 bits per heavy atom. The second kappa shape index (κ2) is 13.6.